The van der Waals surface area contributed by atoms with Gasteiger partial charge in [-0.3, -0.25) is 9.13 Å². The molecule has 5 N–H and O–H groups in total. The lowest BCUT2D eigenvalue weighted by molar-refractivity contribution is -0.155. The second-order valence-corrected chi connectivity index (χ2v) is 10.1. The number of carbonyl (C=O) groups is 1. The van der Waals surface area contributed by atoms with Gasteiger partial charge in [-0.25, -0.2) is 9.78 Å². The van der Waals surface area contributed by atoms with E-state index in [1.54, 1.807) is 0 Å². The molecule has 3 aromatic rings. The molecule has 3 heterocycles. The third-order valence-electron chi connectivity index (χ3n) is 5.52. The highest BCUT2D eigenvalue weighted by molar-refractivity contribution is 7.53. The Bertz CT molecular complexity index is 1290. The number of rotatable bonds is 10. The van der Waals surface area contributed by atoms with Crippen molar-refractivity contribution in [2.45, 2.75) is 43.9 Å². The summed E-state index contributed by atoms with van der Waals surface area (Å²) in [5.74, 6) is -3.13. The number of imidazole rings is 1. The van der Waals surface area contributed by atoms with Gasteiger partial charge in [0.15, 0.2) is 23.2 Å². The average Bonchev–Trinajstić information content (AvgIpc) is 3.38. The van der Waals surface area contributed by atoms with E-state index < -0.39 is 50.6 Å². The third kappa shape index (κ3) is 6.08. The van der Waals surface area contributed by atoms with Crippen LogP contribution in [-0.4, -0.2) is 82.9 Å². The fourth-order valence-corrected chi connectivity index (χ4v) is 4.57. The molecule has 1 aromatic carbocycles. The van der Waals surface area contributed by atoms with Gasteiger partial charge in [0.05, 0.1) is 19.5 Å². The maximum atomic E-state index is 11.9. The number of aliphatic hydroxyl groups is 2. The number of carbonyl (C=O) groups excluding carboxylic acids is 1. The number of benzene rings is 1. The summed E-state index contributed by atoms with van der Waals surface area (Å²) in [5.41, 5.74) is 1.52. The standard InChI is InChI=1S/C21H25ClN5O9P/c1-2-34-19(30)20(37(31,32)33)35-9-12-14(28)15(29)18(36-12)27-10-24-13-16(25-21(22)26-17(13)27)23-8-11-6-4-3-5-7-11/h3-7,10,12,14-15,18,20,28-29H,2,8-9H2,1H3,(H,23,25,26)(H2,31,32,33)/t12-,14+,15-,18-,20-/m1/s1. The first-order valence-electron chi connectivity index (χ1n) is 11.1. The van der Waals surface area contributed by atoms with Gasteiger partial charge in [0.2, 0.25) is 5.28 Å². The molecule has 0 amide bonds. The molecule has 1 aliphatic heterocycles. The van der Waals surface area contributed by atoms with E-state index in [9.17, 15) is 29.4 Å². The van der Waals surface area contributed by atoms with Crippen LogP contribution in [0.3, 0.4) is 0 Å². The van der Waals surface area contributed by atoms with Crippen LogP contribution in [-0.2, 0) is 30.1 Å². The van der Waals surface area contributed by atoms with Crippen LogP contribution >= 0.6 is 19.2 Å². The van der Waals surface area contributed by atoms with Gasteiger partial charge in [-0.2, -0.15) is 9.97 Å². The summed E-state index contributed by atoms with van der Waals surface area (Å²) in [6.45, 7) is 1.14. The van der Waals surface area contributed by atoms with Gasteiger partial charge < -0.3 is 39.5 Å². The topological polar surface area (TPSA) is 198 Å². The molecule has 5 atom stereocenters. The first-order valence-corrected chi connectivity index (χ1v) is 13.2. The molecule has 200 valence electrons. The molecule has 1 saturated heterocycles. The van der Waals surface area contributed by atoms with Crippen LogP contribution in [0.25, 0.3) is 11.2 Å². The SMILES string of the molecule is CCOC(=O)[C@H](OC[C@H]1O[C@@H](n2cnc3c(NCc4ccccc4)nc(Cl)nc32)[C@H](O)[C@H]1O)P(=O)(O)O. The smallest absolute Gasteiger partial charge is 0.365 e. The number of esters is 1. The summed E-state index contributed by atoms with van der Waals surface area (Å²) in [4.78, 5) is 43.5. The first kappa shape index (κ1) is 27.4. The lowest BCUT2D eigenvalue weighted by Gasteiger charge is -2.20. The maximum Gasteiger partial charge on any atom is 0.365 e. The molecule has 0 spiro atoms. The van der Waals surface area contributed by atoms with Crippen LogP contribution in [0.5, 0.6) is 0 Å². The number of nitrogens with zero attached hydrogens (tertiary/aromatic N) is 4. The normalized spacial score (nSPS) is 22.8. The van der Waals surface area contributed by atoms with Crippen LogP contribution in [0.2, 0.25) is 5.28 Å². The number of nitrogens with one attached hydrogen (secondary N) is 1. The van der Waals surface area contributed by atoms with E-state index in [4.69, 9.17) is 21.1 Å². The van der Waals surface area contributed by atoms with E-state index in [1.807, 2.05) is 30.3 Å². The van der Waals surface area contributed by atoms with Crippen molar-refractivity contribution in [1.82, 2.24) is 19.5 Å². The summed E-state index contributed by atoms with van der Waals surface area (Å²) < 4.78 is 28.4. The molecule has 14 nitrogen and oxygen atoms in total. The number of anilines is 1. The van der Waals surface area contributed by atoms with Crippen LogP contribution in [0.1, 0.15) is 18.7 Å². The van der Waals surface area contributed by atoms with Crippen LogP contribution in [0, 0.1) is 0 Å². The monoisotopic (exact) mass is 557 g/mol. The predicted octanol–water partition coefficient (Wildman–Crippen LogP) is 0.794. The molecule has 37 heavy (non-hydrogen) atoms. The highest BCUT2D eigenvalue weighted by Crippen LogP contribution is 2.43. The molecular formula is C21H25ClN5O9P. The molecule has 0 bridgehead atoms. The summed E-state index contributed by atoms with van der Waals surface area (Å²) >= 11 is 6.12. The summed E-state index contributed by atoms with van der Waals surface area (Å²) in [5, 5.41) is 24.2. The predicted molar refractivity (Wildman–Crippen MR) is 128 cm³/mol. The Hall–Kier alpha value is -2.68. The van der Waals surface area contributed by atoms with Crippen molar-refractivity contribution in [3.63, 3.8) is 0 Å². The molecular weight excluding hydrogens is 533 g/mol. The number of halogens is 1. The Labute approximate surface area is 215 Å². The summed E-state index contributed by atoms with van der Waals surface area (Å²) in [6, 6.07) is 9.54. The lowest BCUT2D eigenvalue weighted by atomic mass is 10.1. The van der Waals surface area contributed by atoms with E-state index in [2.05, 4.69) is 25.0 Å². The van der Waals surface area contributed by atoms with Crippen molar-refractivity contribution >= 4 is 42.1 Å². The minimum Gasteiger partial charge on any atom is -0.464 e. The van der Waals surface area contributed by atoms with Crippen molar-refractivity contribution in [2.24, 2.45) is 0 Å². The van der Waals surface area contributed by atoms with E-state index in [0.717, 1.165) is 5.56 Å². The zero-order chi connectivity index (χ0) is 26.7. The van der Waals surface area contributed by atoms with Crippen molar-refractivity contribution in [1.29, 1.82) is 0 Å². The number of aliphatic hydroxyl groups excluding tert-OH is 2. The lowest BCUT2D eigenvalue weighted by Crippen LogP contribution is -2.36. The molecule has 1 aliphatic rings. The minimum atomic E-state index is -5.04. The van der Waals surface area contributed by atoms with E-state index in [-0.39, 0.29) is 17.5 Å². The molecule has 0 unspecified atom stereocenters. The Balaban J connectivity index is 1.52. The molecule has 2 aromatic heterocycles. The van der Waals surface area contributed by atoms with Gasteiger partial charge in [0.1, 0.15) is 18.3 Å². The highest BCUT2D eigenvalue weighted by Gasteiger charge is 2.46. The van der Waals surface area contributed by atoms with Crippen LogP contribution < -0.4 is 5.32 Å². The zero-order valence-corrected chi connectivity index (χ0v) is 21.1. The Morgan fingerprint density at radius 2 is 1.97 bits per heavy atom. The zero-order valence-electron chi connectivity index (χ0n) is 19.4. The van der Waals surface area contributed by atoms with Crippen molar-refractivity contribution < 1.29 is 43.6 Å². The Morgan fingerprint density at radius 3 is 2.65 bits per heavy atom. The number of aromatic nitrogens is 4. The molecule has 0 radical (unpaired) electrons. The second-order valence-electron chi connectivity index (χ2n) is 8.08. The minimum absolute atomic E-state index is 0.100. The van der Waals surface area contributed by atoms with E-state index in [0.29, 0.717) is 17.9 Å². The Kier molecular flexibility index (Phi) is 8.41. The van der Waals surface area contributed by atoms with E-state index >= 15 is 0 Å². The first-order chi connectivity index (χ1) is 17.6. The second kappa shape index (κ2) is 11.4. The molecule has 16 heteroatoms. The van der Waals surface area contributed by atoms with E-state index in [1.165, 1.54) is 17.8 Å². The average molecular weight is 558 g/mol. The molecule has 4 rings (SSSR count). The van der Waals surface area contributed by atoms with Gasteiger partial charge in [0, 0.05) is 6.54 Å². The van der Waals surface area contributed by atoms with Crippen LogP contribution in [0.4, 0.5) is 5.82 Å². The quantitative estimate of drug-likeness (QED) is 0.133. The number of ether oxygens (including phenoxy) is 3. The number of fused-ring (bicyclic) bond motifs is 1. The van der Waals surface area contributed by atoms with Crippen molar-refractivity contribution in [3.05, 3.63) is 47.5 Å². The number of hydrogen-bond donors (Lipinski definition) is 5. The maximum absolute atomic E-state index is 11.9. The fourth-order valence-electron chi connectivity index (χ4n) is 3.78. The van der Waals surface area contributed by atoms with Crippen molar-refractivity contribution in [3.8, 4) is 0 Å². The third-order valence-corrected chi connectivity index (χ3v) is 6.66. The number of hydrogen-bond acceptors (Lipinski definition) is 11. The Morgan fingerprint density at radius 1 is 1.24 bits per heavy atom. The highest BCUT2D eigenvalue weighted by atomic mass is 35.5. The molecule has 0 aliphatic carbocycles. The van der Waals surface area contributed by atoms with Gasteiger partial charge in [0.25, 0.3) is 5.85 Å². The fraction of sp³-hybridized carbons (Fsp3) is 0.429. The summed E-state index contributed by atoms with van der Waals surface area (Å²) in [6.07, 6.45) is -4.18. The molecule has 0 saturated carbocycles. The largest absolute Gasteiger partial charge is 0.464 e. The van der Waals surface area contributed by atoms with Gasteiger partial charge in [-0.15, -0.1) is 0 Å². The van der Waals surface area contributed by atoms with Gasteiger partial charge >= 0.3 is 13.6 Å². The molecule has 1 fully saturated rings. The van der Waals surface area contributed by atoms with Gasteiger partial charge in [-0.05, 0) is 24.1 Å². The van der Waals surface area contributed by atoms with Gasteiger partial charge in [-0.1, -0.05) is 30.3 Å². The summed E-state index contributed by atoms with van der Waals surface area (Å²) in [7, 11) is -5.04. The van der Waals surface area contributed by atoms with Crippen molar-refractivity contribution in [2.75, 3.05) is 18.5 Å². The van der Waals surface area contributed by atoms with Crippen LogP contribution in [0.15, 0.2) is 36.7 Å².